The van der Waals surface area contributed by atoms with Crippen molar-refractivity contribution in [1.82, 2.24) is 0 Å². The number of rotatable bonds is 2. The van der Waals surface area contributed by atoms with Gasteiger partial charge in [0.05, 0.1) is 7.11 Å². The van der Waals surface area contributed by atoms with Crippen LogP contribution in [0.1, 0.15) is 5.56 Å². The summed E-state index contributed by atoms with van der Waals surface area (Å²) in [4.78, 5) is 4.54. The molecular formula is C8H11NO2. The molecule has 0 aliphatic heterocycles. The fraction of sp³-hybridized carbons (Fsp3) is 0.250. The summed E-state index contributed by atoms with van der Waals surface area (Å²) in [5.74, 6) is 0. The van der Waals surface area contributed by atoms with Crippen LogP contribution in [0.3, 0.4) is 0 Å². The topological polar surface area (TPSA) is 36.7 Å². The van der Waals surface area contributed by atoms with Crippen molar-refractivity contribution in [2.75, 3.05) is 7.11 Å². The van der Waals surface area contributed by atoms with Crippen molar-refractivity contribution in [3.63, 3.8) is 0 Å². The highest BCUT2D eigenvalue weighted by molar-refractivity contribution is 5.31. The Kier molecular flexibility index (Phi) is 2.59. The van der Waals surface area contributed by atoms with Crippen molar-refractivity contribution < 1.29 is 10.1 Å². The van der Waals surface area contributed by atoms with Gasteiger partial charge in [-0.05, 0) is 6.92 Å². The molecule has 3 nitrogen and oxygen atoms in total. The summed E-state index contributed by atoms with van der Waals surface area (Å²) in [7, 11) is 1.38. The van der Waals surface area contributed by atoms with Gasteiger partial charge in [0, 0.05) is 12.1 Å². The van der Waals surface area contributed by atoms with Crippen molar-refractivity contribution >= 4 is 5.69 Å². The Morgan fingerprint density at radius 1 is 1.27 bits per heavy atom. The molecule has 0 saturated carbocycles. The third-order valence-corrected chi connectivity index (χ3v) is 1.47. The van der Waals surface area contributed by atoms with Gasteiger partial charge in [0.25, 0.3) is 0 Å². The van der Waals surface area contributed by atoms with Crippen LogP contribution in [-0.4, -0.2) is 7.11 Å². The maximum Gasteiger partial charge on any atom is 0.163 e. The van der Waals surface area contributed by atoms with E-state index in [1.807, 2.05) is 19.1 Å². The van der Waals surface area contributed by atoms with Gasteiger partial charge in [-0.2, -0.15) is 5.23 Å². The maximum atomic E-state index is 10.9. The van der Waals surface area contributed by atoms with Crippen LogP contribution < -0.4 is 5.23 Å². The van der Waals surface area contributed by atoms with Crippen molar-refractivity contribution in [3.8, 4) is 0 Å². The minimum Gasteiger partial charge on any atom is -0.595 e. The number of quaternary nitrogens is 1. The fourth-order valence-electron chi connectivity index (χ4n) is 0.807. The Hall–Kier alpha value is -0.900. The first-order chi connectivity index (χ1) is 5.24. The van der Waals surface area contributed by atoms with E-state index in [2.05, 4.69) is 4.84 Å². The lowest BCUT2D eigenvalue weighted by Crippen LogP contribution is -3.00. The second kappa shape index (κ2) is 3.48. The summed E-state index contributed by atoms with van der Waals surface area (Å²) in [6.45, 7) is 1.97. The van der Waals surface area contributed by atoms with Crippen molar-refractivity contribution in [3.05, 3.63) is 35.0 Å². The van der Waals surface area contributed by atoms with E-state index in [-0.39, 0.29) is 5.23 Å². The smallest absolute Gasteiger partial charge is 0.163 e. The molecule has 1 atom stereocenters. The number of hydrogen-bond donors (Lipinski definition) is 1. The van der Waals surface area contributed by atoms with Crippen LogP contribution in [0.4, 0.5) is 5.69 Å². The molecule has 1 N–H and O–H groups in total. The summed E-state index contributed by atoms with van der Waals surface area (Å²) >= 11 is 0. The number of benzene rings is 1. The van der Waals surface area contributed by atoms with Crippen molar-refractivity contribution in [1.29, 1.82) is 0 Å². The second-order valence-electron chi connectivity index (χ2n) is 2.36. The summed E-state index contributed by atoms with van der Waals surface area (Å²) in [6, 6.07) is 7.26. The molecule has 1 aromatic carbocycles. The fourth-order valence-corrected chi connectivity index (χ4v) is 0.807. The zero-order chi connectivity index (χ0) is 8.27. The van der Waals surface area contributed by atoms with Gasteiger partial charge in [-0.25, -0.2) is 4.84 Å². The van der Waals surface area contributed by atoms with Gasteiger partial charge in [0.15, 0.2) is 5.69 Å². The molecular weight excluding hydrogens is 142 g/mol. The Bertz CT molecular complexity index is 220. The van der Waals surface area contributed by atoms with Crippen molar-refractivity contribution in [2.24, 2.45) is 0 Å². The molecule has 0 spiro atoms. The zero-order valence-corrected chi connectivity index (χ0v) is 6.63. The summed E-state index contributed by atoms with van der Waals surface area (Å²) in [5, 5.41) is 10.6. The Morgan fingerprint density at radius 3 is 2.27 bits per heavy atom. The van der Waals surface area contributed by atoms with Gasteiger partial charge >= 0.3 is 0 Å². The van der Waals surface area contributed by atoms with E-state index in [0.29, 0.717) is 5.69 Å². The molecule has 0 saturated heterocycles. The monoisotopic (exact) mass is 153 g/mol. The average molecular weight is 153 g/mol. The largest absolute Gasteiger partial charge is 0.595 e. The van der Waals surface area contributed by atoms with Crippen molar-refractivity contribution in [2.45, 2.75) is 6.92 Å². The Morgan fingerprint density at radius 2 is 1.82 bits per heavy atom. The molecule has 0 aliphatic carbocycles. The molecule has 0 radical (unpaired) electrons. The minimum absolute atomic E-state index is 0.287. The normalized spacial score (nSPS) is 13.0. The van der Waals surface area contributed by atoms with E-state index in [9.17, 15) is 5.21 Å². The molecule has 0 aromatic heterocycles. The van der Waals surface area contributed by atoms with Crippen LogP contribution in [0.2, 0.25) is 0 Å². The van der Waals surface area contributed by atoms with Gasteiger partial charge in [0.1, 0.15) is 0 Å². The summed E-state index contributed by atoms with van der Waals surface area (Å²) < 4.78 is 0. The van der Waals surface area contributed by atoms with Gasteiger partial charge in [0.2, 0.25) is 0 Å². The Labute approximate surface area is 65.7 Å². The third-order valence-electron chi connectivity index (χ3n) is 1.47. The average Bonchev–Trinajstić information content (AvgIpc) is 2.05. The van der Waals surface area contributed by atoms with E-state index in [0.717, 1.165) is 5.56 Å². The molecule has 0 fully saturated rings. The van der Waals surface area contributed by atoms with E-state index < -0.39 is 0 Å². The molecule has 0 heterocycles. The molecule has 11 heavy (non-hydrogen) atoms. The summed E-state index contributed by atoms with van der Waals surface area (Å²) in [6.07, 6.45) is 0. The molecule has 1 aromatic rings. The highest BCUT2D eigenvalue weighted by atomic mass is 16.9. The lowest BCUT2D eigenvalue weighted by Gasteiger charge is -2.16. The lowest BCUT2D eigenvalue weighted by atomic mass is 10.2. The highest BCUT2D eigenvalue weighted by Gasteiger charge is 1.98. The third kappa shape index (κ3) is 2.01. The lowest BCUT2D eigenvalue weighted by molar-refractivity contribution is -0.992. The van der Waals surface area contributed by atoms with Crippen LogP contribution in [0, 0.1) is 12.1 Å². The highest BCUT2D eigenvalue weighted by Crippen LogP contribution is 2.02. The molecule has 0 bridgehead atoms. The first-order valence-electron chi connectivity index (χ1n) is 3.39. The zero-order valence-electron chi connectivity index (χ0n) is 6.63. The second-order valence-corrected chi connectivity index (χ2v) is 2.36. The molecule has 3 heteroatoms. The van der Waals surface area contributed by atoms with Gasteiger partial charge in [-0.3, -0.25) is 0 Å². The van der Waals surface area contributed by atoms with Gasteiger partial charge in [-0.15, -0.1) is 0 Å². The first kappa shape index (κ1) is 8.20. The predicted octanol–water partition coefficient (Wildman–Crippen LogP) is 0.571. The van der Waals surface area contributed by atoms with Crippen LogP contribution in [0.5, 0.6) is 0 Å². The van der Waals surface area contributed by atoms with Crippen LogP contribution in [-0.2, 0) is 4.84 Å². The van der Waals surface area contributed by atoms with Crippen LogP contribution >= 0.6 is 0 Å². The molecule has 60 valence electrons. The quantitative estimate of drug-likeness (QED) is 0.631. The van der Waals surface area contributed by atoms with Crippen LogP contribution in [0.15, 0.2) is 24.3 Å². The SMILES string of the molecule is CO[NH+]([O-])c1ccc(C)cc1. The molecule has 0 amide bonds. The van der Waals surface area contributed by atoms with E-state index >= 15 is 0 Å². The van der Waals surface area contributed by atoms with E-state index in [4.69, 9.17) is 0 Å². The first-order valence-corrected chi connectivity index (χ1v) is 3.39. The number of nitrogens with one attached hydrogen (secondary N) is 1. The summed E-state index contributed by atoms with van der Waals surface area (Å²) in [5.41, 5.74) is 1.73. The van der Waals surface area contributed by atoms with E-state index in [1.54, 1.807) is 12.1 Å². The minimum atomic E-state index is -0.287. The molecule has 1 unspecified atom stereocenters. The van der Waals surface area contributed by atoms with Crippen LogP contribution in [0.25, 0.3) is 0 Å². The standard InChI is InChI=1S/C8H11NO2/c1-7-3-5-8(6-4-7)9(10)11-2/h3-6,9H,1-2H3. The number of hydrogen-bond acceptors (Lipinski definition) is 2. The van der Waals surface area contributed by atoms with E-state index in [1.165, 1.54) is 7.11 Å². The van der Waals surface area contributed by atoms with Gasteiger partial charge in [-0.1, -0.05) is 17.7 Å². The van der Waals surface area contributed by atoms with Gasteiger partial charge < -0.3 is 5.21 Å². The predicted molar refractivity (Wildman–Crippen MR) is 42.2 cm³/mol. The molecule has 0 aliphatic rings. The Balaban J connectivity index is 2.81. The maximum absolute atomic E-state index is 10.9. The number of aryl methyl sites for hydroxylation is 1. The molecule has 1 rings (SSSR count).